The molecule has 2 aliphatic rings. The van der Waals surface area contributed by atoms with Crippen LogP contribution in [-0.2, 0) is 19.4 Å². The van der Waals surface area contributed by atoms with Crippen molar-refractivity contribution in [2.75, 3.05) is 11.5 Å². The Morgan fingerprint density at radius 1 is 0.938 bits per heavy atom. The third-order valence-electron chi connectivity index (χ3n) is 3.07. The fourth-order valence-electron chi connectivity index (χ4n) is 1.71. The molecule has 1 saturated heterocycles. The first-order chi connectivity index (χ1) is 7.48. The Morgan fingerprint density at radius 3 is 1.81 bits per heavy atom. The van der Waals surface area contributed by atoms with Crippen LogP contribution >= 0.6 is 0 Å². The lowest BCUT2D eigenvalue weighted by molar-refractivity contribution is -0.134. The summed E-state index contributed by atoms with van der Waals surface area (Å²) in [5.74, 6) is -1.32. The van der Waals surface area contributed by atoms with E-state index in [-0.39, 0.29) is 23.3 Å². The molecule has 1 aliphatic carbocycles. The molecule has 2 fully saturated rings. The quantitative estimate of drug-likeness (QED) is 0.610. The molecular weight excluding hydrogens is 232 g/mol. The maximum absolute atomic E-state index is 11.4. The van der Waals surface area contributed by atoms with Gasteiger partial charge in [0.05, 0.1) is 17.4 Å². The number of sulfone groups is 1. The second-order valence-electron chi connectivity index (χ2n) is 4.38. The Balaban J connectivity index is 1.70. The fraction of sp³-hybridized carbons (Fsp3) is 0.778. The normalized spacial score (nSPS) is 24.0. The van der Waals surface area contributed by atoms with Crippen molar-refractivity contribution in [3.05, 3.63) is 0 Å². The summed E-state index contributed by atoms with van der Waals surface area (Å²) in [4.78, 5) is 22.7. The van der Waals surface area contributed by atoms with Crippen LogP contribution in [0.4, 0.5) is 0 Å². The number of hydrogen-bond acceptors (Lipinski definition) is 4. The van der Waals surface area contributed by atoms with Gasteiger partial charge in [-0.2, -0.15) is 0 Å². The zero-order chi connectivity index (χ0) is 11.8. The predicted octanol–water partition coefficient (Wildman–Crippen LogP) is -1.02. The topological polar surface area (TPSA) is 92.3 Å². The highest BCUT2D eigenvalue weighted by Gasteiger charge is 2.38. The van der Waals surface area contributed by atoms with Crippen LogP contribution in [0.15, 0.2) is 0 Å². The number of hydrazine groups is 1. The molecule has 1 heterocycles. The molecule has 0 radical (unpaired) electrons. The van der Waals surface area contributed by atoms with Crippen LogP contribution in [0.5, 0.6) is 0 Å². The number of rotatable bonds is 2. The molecule has 0 spiro atoms. The Bertz CT molecular complexity index is 401. The van der Waals surface area contributed by atoms with Crippen molar-refractivity contribution in [1.29, 1.82) is 0 Å². The van der Waals surface area contributed by atoms with Crippen LogP contribution in [-0.4, -0.2) is 31.7 Å². The summed E-state index contributed by atoms with van der Waals surface area (Å²) < 4.78 is 21.7. The molecule has 0 bridgehead atoms. The maximum Gasteiger partial charge on any atom is 0.243 e. The van der Waals surface area contributed by atoms with E-state index in [1.807, 2.05) is 0 Å². The number of hydrogen-bond donors (Lipinski definition) is 2. The molecule has 90 valence electrons. The zero-order valence-corrected chi connectivity index (χ0v) is 9.55. The van der Waals surface area contributed by atoms with E-state index in [4.69, 9.17) is 0 Å². The molecule has 2 rings (SSSR count). The Labute approximate surface area is 93.7 Å². The molecule has 0 atom stereocenters. The minimum absolute atomic E-state index is 0.00502. The van der Waals surface area contributed by atoms with E-state index >= 15 is 0 Å². The van der Waals surface area contributed by atoms with Crippen LogP contribution in [0.1, 0.15) is 19.3 Å². The molecule has 6 nitrogen and oxygen atoms in total. The van der Waals surface area contributed by atoms with Gasteiger partial charge in [-0.1, -0.05) is 6.42 Å². The molecule has 0 unspecified atom stereocenters. The maximum atomic E-state index is 11.4. The van der Waals surface area contributed by atoms with E-state index < -0.39 is 21.7 Å². The summed E-state index contributed by atoms with van der Waals surface area (Å²) in [6.07, 6.45) is 2.77. The van der Waals surface area contributed by atoms with Gasteiger partial charge in [-0.05, 0) is 12.8 Å². The molecule has 1 saturated carbocycles. The van der Waals surface area contributed by atoms with Gasteiger partial charge in [-0.25, -0.2) is 8.42 Å². The lowest BCUT2D eigenvalue weighted by Crippen LogP contribution is -2.53. The minimum Gasteiger partial charge on any atom is -0.273 e. The zero-order valence-electron chi connectivity index (χ0n) is 8.73. The number of nitrogens with one attached hydrogen (secondary N) is 2. The van der Waals surface area contributed by atoms with Crippen LogP contribution in [0.2, 0.25) is 0 Å². The molecule has 2 N–H and O–H groups in total. The van der Waals surface area contributed by atoms with Crippen molar-refractivity contribution in [3.8, 4) is 0 Å². The van der Waals surface area contributed by atoms with Gasteiger partial charge in [0.2, 0.25) is 11.8 Å². The van der Waals surface area contributed by atoms with Gasteiger partial charge in [0, 0.05) is 5.92 Å². The minimum atomic E-state index is -3.00. The number of amides is 2. The first-order valence-electron chi connectivity index (χ1n) is 5.28. The van der Waals surface area contributed by atoms with Gasteiger partial charge >= 0.3 is 0 Å². The second-order valence-corrected chi connectivity index (χ2v) is 6.53. The molecule has 0 aromatic heterocycles. The lowest BCUT2D eigenvalue weighted by Gasteiger charge is -2.27. The van der Waals surface area contributed by atoms with Gasteiger partial charge in [0.25, 0.3) is 0 Å². The van der Waals surface area contributed by atoms with Crippen molar-refractivity contribution in [2.45, 2.75) is 19.3 Å². The molecule has 2 amide bonds. The molecule has 0 aromatic carbocycles. The SMILES string of the molecule is O=C(NNC(=O)C1CS(=O)(=O)C1)C1CCC1. The van der Waals surface area contributed by atoms with Gasteiger partial charge in [0.1, 0.15) is 0 Å². The summed E-state index contributed by atoms with van der Waals surface area (Å²) in [6.45, 7) is 0. The van der Waals surface area contributed by atoms with Gasteiger partial charge in [-0.15, -0.1) is 0 Å². The van der Waals surface area contributed by atoms with Crippen LogP contribution in [0, 0.1) is 11.8 Å². The van der Waals surface area contributed by atoms with Crippen molar-refractivity contribution < 1.29 is 18.0 Å². The largest absolute Gasteiger partial charge is 0.273 e. The lowest BCUT2D eigenvalue weighted by atomic mass is 9.85. The van der Waals surface area contributed by atoms with Crippen LogP contribution in [0.3, 0.4) is 0 Å². The van der Waals surface area contributed by atoms with Crippen molar-refractivity contribution >= 4 is 21.7 Å². The van der Waals surface area contributed by atoms with Crippen LogP contribution in [0.25, 0.3) is 0 Å². The summed E-state index contributed by atoms with van der Waals surface area (Å²) in [6, 6.07) is 0. The first kappa shape index (κ1) is 11.4. The summed E-state index contributed by atoms with van der Waals surface area (Å²) in [5.41, 5.74) is 4.60. The van der Waals surface area contributed by atoms with Crippen LogP contribution < -0.4 is 10.9 Å². The predicted molar refractivity (Wildman–Crippen MR) is 55.8 cm³/mol. The first-order valence-corrected chi connectivity index (χ1v) is 7.10. The average molecular weight is 246 g/mol. The monoisotopic (exact) mass is 246 g/mol. The third kappa shape index (κ3) is 2.34. The number of carbonyl (C=O) groups excluding carboxylic acids is 2. The Hall–Kier alpha value is -1.11. The average Bonchev–Trinajstić information content (AvgIpc) is 2.07. The highest BCUT2D eigenvalue weighted by molar-refractivity contribution is 7.92. The summed E-state index contributed by atoms with van der Waals surface area (Å²) in [5, 5.41) is 0. The molecule has 1 aliphatic heterocycles. The highest BCUT2D eigenvalue weighted by Crippen LogP contribution is 2.26. The Kier molecular flexibility index (Phi) is 2.88. The van der Waals surface area contributed by atoms with E-state index in [1.54, 1.807) is 0 Å². The van der Waals surface area contributed by atoms with Crippen molar-refractivity contribution in [2.24, 2.45) is 11.8 Å². The molecule has 16 heavy (non-hydrogen) atoms. The van der Waals surface area contributed by atoms with Gasteiger partial charge < -0.3 is 0 Å². The second kappa shape index (κ2) is 4.04. The third-order valence-corrected chi connectivity index (χ3v) is 4.89. The van der Waals surface area contributed by atoms with Crippen molar-refractivity contribution in [1.82, 2.24) is 10.9 Å². The summed E-state index contributed by atoms with van der Waals surface area (Å²) in [7, 11) is -3.00. The highest BCUT2D eigenvalue weighted by atomic mass is 32.2. The molecule has 0 aromatic rings. The van der Waals surface area contributed by atoms with E-state index in [0.717, 1.165) is 19.3 Å². The molecular formula is C9H14N2O4S. The smallest absolute Gasteiger partial charge is 0.243 e. The van der Waals surface area contributed by atoms with E-state index in [1.165, 1.54) is 0 Å². The molecule has 7 heteroatoms. The van der Waals surface area contributed by atoms with Gasteiger partial charge in [0.15, 0.2) is 9.84 Å². The fourth-order valence-corrected chi connectivity index (χ4v) is 3.14. The Morgan fingerprint density at radius 2 is 1.44 bits per heavy atom. The van der Waals surface area contributed by atoms with E-state index in [0.29, 0.717) is 0 Å². The summed E-state index contributed by atoms with van der Waals surface area (Å²) >= 11 is 0. The van der Waals surface area contributed by atoms with E-state index in [9.17, 15) is 18.0 Å². The standard InChI is InChI=1S/C9H14N2O4S/c12-8(6-2-1-3-6)10-11-9(13)7-4-16(14,15)5-7/h6-7H,1-5H2,(H,10,12)(H,11,13). The number of carbonyl (C=O) groups is 2. The van der Waals surface area contributed by atoms with E-state index in [2.05, 4.69) is 10.9 Å². The van der Waals surface area contributed by atoms with Gasteiger partial charge in [-0.3, -0.25) is 20.4 Å². The van der Waals surface area contributed by atoms with Crippen molar-refractivity contribution in [3.63, 3.8) is 0 Å².